The Bertz CT molecular complexity index is 1100. The molecule has 0 aromatic heterocycles. The Morgan fingerprint density at radius 1 is 0.886 bits per heavy atom. The van der Waals surface area contributed by atoms with Crippen LogP contribution in [0.25, 0.3) is 11.1 Å². The zero-order chi connectivity index (χ0) is 26.3. The van der Waals surface area contributed by atoms with E-state index in [0.717, 1.165) is 5.56 Å². The second kappa shape index (κ2) is 11.6. The number of hydrogen-bond donors (Lipinski definition) is 0. The van der Waals surface area contributed by atoms with Gasteiger partial charge in [-0.05, 0) is 57.9 Å². The molecule has 0 atom stereocenters. The second-order valence-corrected chi connectivity index (χ2v) is 9.36. The van der Waals surface area contributed by atoms with Crippen LogP contribution in [0.2, 0.25) is 0 Å². The molecule has 2 rings (SSSR count). The van der Waals surface area contributed by atoms with Gasteiger partial charge in [0.15, 0.2) is 0 Å². The minimum atomic E-state index is -0.709. The van der Waals surface area contributed by atoms with Crippen LogP contribution in [-0.2, 0) is 23.9 Å². The highest BCUT2D eigenvalue weighted by atomic mass is 19.1. The van der Waals surface area contributed by atoms with E-state index in [2.05, 4.69) is 13.2 Å². The fourth-order valence-electron chi connectivity index (χ4n) is 2.83. The number of rotatable bonds is 9. The molecular formula is C28H31FO6. The van der Waals surface area contributed by atoms with Crippen LogP contribution in [0.15, 0.2) is 66.8 Å². The van der Waals surface area contributed by atoms with E-state index in [9.17, 15) is 18.8 Å². The maximum atomic E-state index is 14.8. The zero-order valence-corrected chi connectivity index (χ0v) is 20.8. The maximum Gasteiger partial charge on any atom is 0.333 e. The molecule has 2 aromatic carbocycles. The third kappa shape index (κ3) is 7.91. The highest BCUT2D eigenvalue weighted by Crippen LogP contribution is 2.29. The van der Waals surface area contributed by atoms with Gasteiger partial charge in [0.2, 0.25) is 0 Å². The predicted octanol–water partition coefficient (Wildman–Crippen LogP) is 5.77. The van der Waals surface area contributed by atoms with Crippen molar-refractivity contribution in [2.24, 2.45) is 5.41 Å². The average molecular weight is 483 g/mol. The highest BCUT2D eigenvalue weighted by Gasteiger charge is 2.24. The fourth-order valence-corrected chi connectivity index (χ4v) is 2.83. The lowest BCUT2D eigenvalue weighted by Gasteiger charge is -2.18. The van der Waals surface area contributed by atoms with E-state index in [0.29, 0.717) is 11.1 Å². The minimum Gasteiger partial charge on any atom is -0.462 e. The summed E-state index contributed by atoms with van der Waals surface area (Å²) in [4.78, 5) is 35.7. The molecule has 0 saturated heterocycles. The molecule has 0 saturated carbocycles. The zero-order valence-electron chi connectivity index (χ0n) is 20.8. The fraction of sp³-hybridized carbons (Fsp3) is 0.321. The van der Waals surface area contributed by atoms with E-state index in [-0.39, 0.29) is 30.1 Å². The molecule has 35 heavy (non-hydrogen) atoms. The largest absolute Gasteiger partial charge is 0.462 e. The molecule has 0 bridgehead atoms. The molecule has 2 aromatic rings. The Morgan fingerprint density at radius 2 is 1.40 bits per heavy atom. The Labute approximate surface area is 205 Å². The summed E-state index contributed by atoms with van der Waals surface area (Å²) >= 11 is 0. The summed E-state index contributed by atoms with van der Waals surface area (Å²) in [5, 5.41) is 0. The topological polar surface area (TPSA) is 78.9 Å². The molecule has 0 N–H and O–H groups in total. The van der Waals surface area contributed by atoms with Crippen LogP contribution in [0.1, 0.15) is 46.1 Å². The lowest BCUT2D eigenvalue weighted by atomic mass is 9.96. The van der Waals surface area contributed by atoms with E-state index in [1.807, 2.05) is 0 Å². The molecule has 0 radical (unpaired) electrons. The van der Waals surface area contributed by atoms with Crippen LogP contribution in [0.3, 0.4) is 0 Å². The van der Waals surface area contributed by atoms with Crippen molar-refractivity contribution in [1.82, 2.24) is 0 Å². The van der Waals surface area contributed by atoms with Crippen molar-refractivity contribution >= 4 is 17.9 Å². The van der Waals surface area contributed by atoms with E-state index < -0.39 is 35.1 Å². The number of benzene rings is 2. The van der Waals surface area contributed by atoms with E-state index in [1.165, 1.54) is 32.0 Å². The molecular weight excluding hydrogens is 451 g/mol. The van der Waals surface area contributed by atoms with Crippen molar-refractivity contribution in [2.75, 3.05) is 13.2 Å². The highest BCUT2D eigenvalue weighted by molar-refractivity contribution is 5.87. The van der Waals surface area contributed by atoms with Crippen molar-refractivity contribution < 1.29 is 33.0 Å². The first-order valence-corrected chi connectivity index (χ1v) is 11.1. The second-order valence-electron chi connectivity index (χ2n) is 9.36. The third-order valence-corrected chi connectivity index (χ3v) is 4.98. The first kappa shape index (κ1) is 27.5. The van der Waals surface area contributed by atoms with Gasteiger partial charge in [0, 0.05) is 22.8 Å². The Hall–Kier alpha value is -3.74. The van der Waals surface area contributed by atoms with Crippen molar-refractivity contribution in [2.45, 2.75) is 40.5 Å². The van der Waals surface area contributed by atoms with Crippen LogP contribution in [-0.4, -0.2) is 31.1 Å². The van der Waals surface area contributed by atoms with E-state index in [4.69, 9.17) is 14.2 Å². The Kier molecular flexibility index (Phi) is 9.12. The number of ether oxygens (including phenoxy) is 3. The summed E-state index contributed by atoms with van der Waals surface area (Å²) in [6.45, 7) is 15.3. The van der Waals surface area contributed by atoms with Crippen molar-refractivity contribution in [1.29, 1.82) is 0 Å². The van der Waals surface area contributed by atoms with Gasteiger partial charge in [0.1, 0.15) is 24.8 Å². The first-order valence-electron chi connectivity index (χ1n) is 11.1. The van der Waals surface area contributed by atoms with Gasteiger partial charge in [0.25, 0.3) is 0 Å². The Morgan fingerprint density at radius 3 is 1.83 bits per heavy atom. The van der Waals surface area contributed by atoms with Crippen molar-refractivity contribution in [3.63, 3.8) is 0 Å². The van der Waals surface area contributed by atoms with Gasteiger partial charge < -0.3 is 14.2 Å². The normalized spacial score (nSPS) is 11.1. The summed E-state index contributed by atoms with van der Waals surface area (Å²) in [7, 11) is 0. The van der Waals surface area contributed by atoms with Gasteiger partial charge in [-0.3, -0.25) is 4.79 Å². The Balaban J connectivity index is 2.22. The predicted molar refractivity (Wildman–Crippen MR) is 131 cm³/mol. The van der Waals surface area contributed by atoms with Crippen LogP contribution in [0.5, 0.6) is 5.75 Å². The molecule has 6 nitrogen and oxygen atoms in total. The molecule has 0 aliphatic carbocycles. The molecule has 0 amide bonds. The quantitative estimate of drug-likeness (QED) is 0.257. The molecule has 7 heteroatoms. The summed E-state index contributed by atoms with van der Waals surface area (Å²) in [5.74, 6) is -2.42. The van der Waals surface area contributed by atoms with Crippen LogP contribution < -0.4 is 4.74 Å². The van der Waals surface area contributed by atoms with Gasteiger partial charge in [-0.1, -0.05) is 37.4 Å². The van der Waals surface area contributed by atoms with E-state index in [1.54, 1.807) is 45.0 Å². The monoisotopic (exact) mass is 482 g/mol. The van der Waals surface area contributed by atoms with Gasteiger partial charge in [-0.2, -0.15) is 0 Å². The summed E-state index contributed by atoms with van der Waals surface area (Å²) in [6.07, 6.45) is 0. The maximum absolute atomic E-state index is 14.8. The number of esters is 3. The summed E-state index contributed by atoms with van der Waals surface area (Å²) in [6, 6.07) is 11.2. The van der Waals surface area contributed by atoms with Gasteiger partial charge in [-0.25, -0.2) is 14.0 Å². The van der Waals surface area contributed by atoms with Crippen LogP contribution in [0.4, 0.5) is 4.39 Å². The summed E-state index contributed by atoms with van der Waals surface area (Å²) < 4.78 is 30.6. The molecule has 0 heterocycles. The minimum absolute atomic E-state index is 0.0310. The molecule has 0 aliphatic rings. The molecule has 186 valence electrons. The summed E-state index contributed by atoms with van der Waals surface area (Å²) in [5.41, 5.74) is 1.45. The molecule has 0 aliphatic heterocycles. The van der Waals surface area contributed by atoms with E-state index >= 15 is 0 Å². The molecule has 0 spiro atoms. The number of halogens is 1. The van der Waals surface area contributed by atoms with Gasteiger partial charge >= 0.3 is 17.9 Å². The third-order valence-electron chi connectivity index (χ3n) is 4.98. The number of carbonyl (C=O) groups is 3. The van der Waals surface area contributed by atoms with Crippen LogP contribution in [0, 0.1) is 11.2 Å². The molecule has 0 fully saturated rings. The standard InChI is InChI=1S/C28H31FO6/c1-17(2)25(30)33-15-21(16-34-26(31)18(3)4)19-8-10-20(11-9-19)23-13-12-22(14-24(23)29)35-27(32)28(5,6)7/h8-14,21H,1,3,15-16H2,2,4-7H3. The van der Waals surface area contributed by atoms with Crippen molar-refractivity contribution in [3.8, 4) is 16.9 Å². The van der Waals surface area contributed by atoms with Crippen molar-refractivity contribution in [3.05, 3.63) is 78.1 Å². The smallest absolute Gasteiger partial charge is 0.333 e. The first-order chi connectivity index (χ1) is 16.3. The number of hydrogen-bond acceptors (Lipinski definition) is 6. The van der Waals surface area contributed by atoms with Gasteiger partial charge in [0.05, 0.1) is 11.3 Å². The molecule has 0 unspecified atom stereocenters. The average Bonchev–Trinajstić information content (AvgIpc) is 2.78. The lowest BCUT2D eigenvalue weighted by Crippen LogP contribution is -2.25. The lowest BCUT2D eigenvalue weighted by molar-refractivity contribution is -0.143. The SMILES string of the molecule is C=C(C)C(=O)OCC(COC(=O)C(=C)C)c1ccc(-c2ccc(OC(=O)C(C)(C)C)cc2F)cc1. The van der Waals surface area contributed by atoms with Crippen LogP contribution >= 0.6 is 0 Å². The number of carbonyl (C=O) groups excluding carboxylic acids is 3. The van der Waals surface area contributed by atoms with Gasteiger partial charge in [-0.15, -0.1) is 0 Å².